The zero-order chi connectivity index (χ0) is 18.6. The number of rotatable bonds is 1. The second-order valence-electron chi connectivity index (χ2n) is 7.02. The van der Waals surface area contributed by atoms with E-state index in [1.807, 2.05) is 19.9 Å². The molecule has 0 amide bonds. The van der Waals surface area contributed by atoms with Crippen LogP contribution in [0.3, 0.4) is 0 Å². The summed E-state index contributed by atoms with van der Waals surface area (Å²) in [6, 6.07) is 4.63. The molecule has 0 bridgehead atoms. The fraction of sp³-hybridized carbons (Fsp3) is 0.412. The number of hydrogen-bond acceptors (Lipinski definition) is 4. The zero-order valence-corrected chi connectivity index (χ0v) is 15.1. The van der Waals surface area contributed by atoms with Crippen LogP contribution in [0.5, 0.6) is 0 Å². The Morgan fingerprint density at radius 2 is 2.04 bits per heavy atom. The molecular formula is C17H15BrF3N3O. The number of hydrogen-bond donors (Lipinski definition) is 1. The first kappa shape index (κ1) is 18.0. The van der Waals surface area contributed by atoms with E-state index in [2.05, 4.69) is 21.4 Å². The van der Waals surface area contributed by atoms with Crippen molar-refractivity contribution in [3.63, 3.8) is 0 Å². The summed E-state index contributed by atoms with van der Waals surface area (Å²) >= 11 is 3.25. The topological polar surface area (TPSA) is 56.1 Å². The lowest BCUT2D eigenvalue weighted by atomic mass is 9.75. The Labute approximate surface area is 151 Å². The second-order valence-corrected chi connectivity index (χ2v) is 7.87. The van der Waals surface area contributed by atoms with Gasteiger partial charge in [-0.15, -0.1) is 0 Å². The van der Waals surface area contributed by atoms with Gasteiger partial charge < -0.3 is 0 Å². The van der Waals surface area contributed by atoms with E-state index in [-0.39, 0.29) is 12.0 Å². The van der Waals surface area contributed by atoms with Crippen molar-refractivity contribution in [2.45, 2.75) is 38.9 Å². The molecule has 1 unspecified atom stereocenters. The summed E-state index contributed by atoms with van der Waals surface area (Å²) in [5, 5.41) is 10.3. The Balaban J connectivity index is 2.11. The van der Waals surface area contributed by atoms with E-state index < -0.39 is 23.4 Å². The number of hydrazine groups is 1. The van der Waals surface area contributed by atoms with Crippen molar-refractivity contribution in [1.29, 1.82) is 5.26 Å². The van der Waals surface area contributed by atoms with E-state index in [4.69, 9.17) is 5.26 Å². The van der Waals surface area contributed by atoms with Gasteiger partial charge in [-0.1, -0.05) is 13.8 Å². The highest BCUT2D eigenvalue weighted by Crippen LogP contribution is 2.46. The van der Waals surface area contributed by atoms with Crippen molar-refractivity contribution in [2.24, 2.45) is 5.41 Å². The van der Waals surface area contributed by atoms with Crippen molar-refractivity contribution in [1.82, 2.24) is 5.43 Å². The lowest BCUT2D eigenvalue weighted by Gasteiger charge is -2.33. The number of nitrogens with one attached hydrogen (secondary N) is 1. The highest BCUT2D eigenvalue weighted by Gasteiger charge is 2.53. The van der Waals surface area contributed by atoms with Crippen LogP contribution in [0.25, 0.3) is 0 Å². The molecule has 1 atom stereocenters. The molecule has 1 aliphatic heterocycles. The average molecular weight is 414 g/mol. The molecule has 0 spiro atoms. The van der Waals surface area contributed by atoms with Crippen LogP contribution in [-0.2, 0) is 4.79 Å². The molecule has 25 heavy (non-hydrogen) atoms. The van der Waals surface area contributed by atoms with Crippen LogP contribution in [0, 0.1) is 16.7 Å². The maximum Gasteiger partial charge on any atom is 0.409 e. The lowest BCUT2D eigenvalue weighted by molar-refractivity contribution is -0.149. The van der Waals surface area contributed by atoms with Crippen molar-refractivity contribution in [3.05, 3.63) is 39.5 Å². The molecule has 1 heterocycles. The molecule has 3 rings (SSSR count). The van der Waals surface area contributed by atoms with Crippen LogP contribution in [0.2, 0.25) is 0 Å². The summed E-state index contributed by atoms with van der Waals surface area (Å²) in [5.41, 5.74) is 2.98. The minimum absolute atomic E-state index is 0.0883. The standard InChI is InChI=1S/C17H15BrF3N3O/c1-16(2)6-12-14(13(25)7-16)15(17(19,20)21)23-24(12)10-4-3-9(8-22)11(18)5-10/h3-5,15,23H,6-7H2,1-2H3. The molecule has 132 valence electrons. The van der Waals surface area contributed by atoms with Gasteiger partial charge in [-0.3, -0.25) is 9.80 Å². The molecule has 1 N–H and O–H groups in total. The Morgan fingerprint density at radius 1 is 1.36 bits per heavy atom. The molecule has 1 aliphatic carbocycles. The summed E-state index contributed by atoms with van der Waals surface area (Å²) in [6.07, 6.45) is -4.13. The highest BCUT2D eigenvalue weighted by atomic mass is 79.9. The van der Waals surface area contributed by atoms with Crippen LogP contribution in [0.4, 0.5) is 18.9 Å². The zero-order valence-electron chi connectivity index (χ0n) is 13.5. The number of nitriles is 1. The number of halogens is 4. The number of ketones is 1. The molecule has 0 fully saturated rings. The lowest BCUT2D eigenvalue weighted by Crippen LogP contribution is -2.46. The van der Waals surface area contributed by atoms with Crippen LogP contribution in [-0.4, -0.2) is 18.0 Å². The number of alkyl halides is 3. The van der Waals surface area contributed by atoms with E-state index in [0.717, 1.165) is 0 Å². The van der Waals surface area contributed by atoms with Crippen LogP contribution < -0.4 is 10.4 Å². The maximum atomic E-state index is 13.5. The number of anilines is 1. The van der Waals surface area contributed by atoms with Gasteiger partial charge in [0.15, 0.2) is 11.8 Å². The fourth-order valence-electron chi connectivity index (χ4n) is 3.30. The SMILES string of the molecule is CC1(C)CC(=O)C2=C(C1)N(c1ccc(C#N)c(Br)c1)NC2C(F)(F)F. The number of allylic oxidation sites excluding steroid dienone is 1. The number of benzene rings is 1. The third-order valence-corrected chi connectivity index (χ3v) is 5.03. The first-order valence-corrected chi connectivity index (χ1v) is 8.42. The highest BCUT2D eigenvalue weighted by molar-refractivity contribution is 9.10. The molecule has 8 heteroatoms. The summed E-state index contributed by atoms with van der Waals surface area (Å²) < 4.78 is 40.9. The van der Waals surface area contributed by atoms with Crippen molar-refractivity contribution in [3.8, 4) is 6.07 Å². The largest absolute Gasteiger partial charge is 0.409 e. The summed E-state index contributed by atoms with van der Waals surface area (Å²) in [5.74, 6) is -0.476. The average Bonchev–Trinajstić information content (AvgIpc) is 2.85. The number of nitrogens with zero attached hydrogens (tertiary/aromatic N) is 2. The molecule has 0 aromatic heterocycles. The molecule has 0 saturated heterocycles. The molecule has 4 nitrogen and oxygen atoms in total. The molecule has 1 aromatic rings. The smallest absolute Gasteiger partial charge is 0.294 e. The van der Waals surface area contributed by atoms with Crippen molar-refractivity contribution >= 4 is 27.4 Å². The van der Waals surface area contributed by atoms with Crippen LogP contribution >= 0.6 is 15.9 Å². The van der Waals surface area contributed by atoms with Gasteiger partial charge in [0, 0.05) is 22.2 Å². The van der Waals surface area contributed by atoms with Gasteiger partial charge in [-0.05, 0) is 46.0 Å². The molecule has 1 aromatic carbocycles. The second kappa shape index (κ2) is 5.85. The van der Waals surface area contributed by atoms with E-state index in [9.17, 15) is 18.0 Å². The third-order valence-electron chi connectivity index (χ3n) is 4.37. The Kier molecular flexibility index (Phi) is 4.20. The van der Waals surface area contributed by atoms with Crippen molar-refractivity contribution in [2.75, 3.05) is 5.01 Å². The van der Waals surface area contributed by atoms with Crippen LogP contribution in [0.1, 0.15) is 32.3 Å². The van der Waals surface area contributed by atoms with Gasteiger partial charge in [0.1, 0.15) is 6.07 Å². The molecule has 0 saturated carbocycles. The normalized spacial score (nSPS) is 22.8. The van der Waals surface area contributed by atoms with Gasteiger partial charge in [0.05, 0.1) is 11.3 Å². The quantitative estimate of drug-likeness (QED) is 0.748. The monoisotopic (exact) mass is 413 g/mol. The van der Waals surface area contributed by atoms with Gasteiger partial charge >= 0.3 is 6.18 Å². The molecule has 0 radical (unpaired) electrons. The Hall–Kier alpha value is -1.85. The predicted octanol–water partition coefficient (Wildman–Crippen LogP) is 4.22. The Bertz CT molecular complexity index is 823. The van der Waals surface area contributed by atoms with E-state index in [0.29, 0.717) is 27.8 Å². The van der Waals surface area contributed by atoms with E-state index in [1.54, 1.807) is 12.1 Å². The summed E-state index contributed by atoms with van der Waals surface area (Å²) in [6.45, 7) is 3.73. The summed E-state index contributed by atoms with van der Waals surface area (Å²) in [4.78, 5) is 12.4. The minimum atomic E-state index is -4.57. The van der Waals surface area contributed by atoms with Gasteiger partial charge in [0.25, 0.3) is 0 Å². The first-order valence-electron chi connectivity index (χ1n) is 7.62. The number of carbonyl (C=O) groups excluding carboxylic acids is 1. The van der Waals surface area contributed by atoms with Gasteiger partial charge in [0.2, 0.25) is 0 Å². The van der Waals surface area contributed by atoms with E-state index >= 15 is 0 Å². The maximum absolute atomic E-state index is 13.5. The number of Topliss-reactive ketones (excluding diaryl/α,β-unsaturated/α-hetero) is 1. The van der Waals surface area contributed by atoms with Crippen molar-refractivity contribution < 1.29 is 18.0 Å². The summed E-state index contributed by atoms with van der Waals surface area (Å²) in [7, 11) is 0. The Morgan fingerprint density at radius 3 is 2.60 bits per heavy atom. The van der Waals surface area contributed by atoms with Gasteiger partial charge in [-0.25, -0.2) is 5.43 Å². The van der Waals surface area contributed by atoms with E-state index in [1.165, 1.54) is 11.1 Å². The predicted molar refractivity (Wildman–Crippen MR) is 89.4 cm³/mol. The molecule has 2 aliphatic rings. The number of carbonyl (C=O) groups is 1. The van der Waals surface area contributed by atoms with Crippen LogP contribution in [0.15, 0.2) is 33.9 Å². The fourth-order valence-corrected chi connectivity index (χ4v) is 3.76. The molecular weight excluding hydrogens is 399 g/mol. The first-order chi connectivity index (χ1) is 11.5. The third kappa shape index (κ3) is 3.18. The minimum Gasteiger partial charge on any atom is -0.294 e. The van der Waals surface area contributed by atoms with Gasteiger partial charge in [-0.2, -0.15) is 18.4 Å².